The Morgan fingerprint density at radius 3 is 2.81 bits per heavy atom. The van der Waals surface area contributed by atoms with Crippen molar-refractivity contribution in [3.63, 3.8) is 0 Å². The molecule has 4 nitrogen and oxygen atoms in total. The van der Waals surface area contributed by atoms with Crippen LogP contribution in [0.2, 0.25) is 0 Å². The van der Waals surface area contributed by atoms with Crippen LogP contribution in [0.1, 0.15) is 5.56 Å². The summed E-state index contributed by atoms with van der Waals surface area (Å²) >= 11 is 2.05. The third-order valence-electron chi connectivity index (χ3n) is 2.29. The van der Waals surface area contributed by atoms with Gasteiger partial charge in [-0.1, -0.05) is 6.07 Å². The molecule has 0 aromatic heterocycles. The summed E-state index contributed by atoms with van der Waals surface area (Å²) in [6.07, 6.45) is 0.541. The minimum Gasteiger partial charge on any atom is -0.507 e. The van der Waals surface area contributed by atoms with Gasteiger partial charge in [-0.15, -0.1) is 0 Å². The summed E-state index contributed by atoms with van der Waals surface area (Å²) in [5, 5.41) is 12.3. The summed E-state index contributed by atoms with van der Waals surface area (Å²) in [4.78, 5) is 11.4. The van der Waals surface area contributed by atoms with E-state index in [1.54, 1.807) is 19.2 Å². The van der Waals surface area contributed by atoms with Crippen molar-refractivity contribution in [2.75, 3.05) is 14.2 Å². The third kappa shape index (κ3) is 3.34. The number of ether oxygens (including phenoxy) is 1. The first-order valence-corrected chi connectivity index (χ1v) is 5.89. The fraction of sp³-hybridized carbons (Fsp3) is 0.364. The first-order chi connectivity index (χ1) is 7.58. The zero-order valence-corrected chi connectivity index (χ0v) is 11.3. The standard InChI is InChI=1S/C11H14INO3/c1-13-9(11(15)16-2)6-7-3-4-10(14)8(12)5-7/h3-5,9,13-14H,6H2,1-2H3/t9-/m1/s1. The van der Waals surface area contributed by atoms with Crippen LogP contribution in [0.5, 0.6) is 5.75 Å². The minimum atomic E-state index is -0.356. The highest BCUT2D eigenvalue weighted by Crippen LogP contribution is 2.20. The van der Waals surface area contributed by atoms with Gasteiger partial charge in [0, 0.05) is 0 Å². The Hall–Kier alpha value is -0.820. The number of carbonyl (C=O) groups is 1. The van der Waals surface area contributed by atoms with Gasteiger partial charge in [0.05, 0.1) is 10.7 Å². The molecule has 0 fully saturated rings. The number of phenols is 1. The largest absolute Gasteiger partial charge is 0.507 e. The fourth-order valence-electron chi connectivity index (χ4n) is 1.36. The van der Waals surface area contributed by atoms with Crippen LogP contribution < -0.4 is 5.32 Å². The maximum Gasteiger partial charge on any atom is 0.323 e. The molecule has 0 spiro atoms. The van der Waals surface area contributed by atoms with Gasteiger partial charge in [-0.2, -0.15) is 0 Å². The molecule has 0 aliphatic carbocycles. The van der Waals surface area contributed by atoms with Gasteiger partial charge in [0.25, 0.3) is 0 Å². The number of carbonyl (C=O) groups excluding carboxylic acids is 1. The molecule has 2 N–H and O–H groups in total. The van der Waals surface area contributed by atoms with E-state index in [0.29, 0.717) is 6.42 Å². The SMILES string of the molecule is CN[C@H](Cc1ccc(O)c(I)c1)C(=O)OC. The molecule has 0 radical (unpaired) electrons. The Morgan fingerprint density at radius 1 is 1.62 bits per heavy atom. The number of phenolic OH excluding ortho intramolecular Hbond substituents is 1. The predicted octanol–water partition coefficient (Wildman–Crippen LogP) is 1.30. The number of methoxy groups -OCH3 is 1. The van der Waals surface area contributed by atoms with E-state index in [2.05, 4.69) is 10.1 Å². The molecule has 0 saturated carbocycles. The maximum absolute atomic E-state index is 11.4. The smallest absolute Gasteiger partial charge is 0.323 e. The van der Waals surface area contributed by atoms with Gasteiger partial charge in [0.15, 0.2) is 0 Å². The van der Waals surface area contributed by atoms with E-state index in [-0.39, 0.29) is 17.8 Å². The lowest BCUT2D eigenvalue weighted by Gasteiger charge is -2.13. The van der Waals surface area contributed by atoms with Crippen molar-refractivity contribution < 1.29 is 14.6 Å². The highest BCUT2D eigenvalue weighted by molar-refractivity contribution is 14.1. The topological polar surface area (TPSA) is 58.6 Å². The monoisotopic (exact) mass is 335 g/mol. The number of likely N-dealkylation sites (N-methyl/N-ethyl adjacent to an activating group) is 1. The molecule has 0 bridgehead atoms. The number of benzene rings is 1. The quantitative estimate of drug-likeness (QED) is 0.643. The van der Waals surface area contributed by atoms with Crippen LogP contribution in [0.15, 0.2) is 18.2 Å². The Balaban J connectivity index is 2.78. The van der Waals surface area contributed by atoms with Gasteiger partial charge >= 0.3 is 5.97 Å². The zero-order chi connectivity index (χ0) is 12.1. The van der Waals surface area contributed by atoms with E-state index in [1.165, 1.54) is 7.11 Å². The average Bonchev–Trinajstić information content (AvgIpc) is 2.29. The molecule has 0 amide bonds. The van der Waals surface area contributed by atoms with E-state index >= 15 is 0 Å². The van der Waals surface area contributed by atoms with Crippen molar-refractivity contribution in [1.82, 2.24) is 5.32 Å². The number of aromatic hydroxyl groups is 1. The summed E-state index contributed by atoms with van der Waals surface area (Å²) in [7, 11) is 3.08. The molecular weight excluding hydrogens is 321 g/mol. The van der Waals surface area contributed by atoms with Crippen LogP contribution in [0.4, 0.5) is 0 Å². The van der Waals surface area contributed by atoms with Crippen LogP contribution >= 0.6 is 22.6 Å². The van der Waals surface area contributed by atoms with Gasteiger partial charge < -0.3 is 15.2 Å². The van der Waals surface area contributed by atoms with Crippen LogP contribution in [-0.4, -0.2) is 31.3 Å². The Kier molecular flexibility index (Phi) is 5.01. The fourth-order valence-corrected chi connectivity index (χ4v) is 1.94. The maximum atomic E-state index is 11.4. The van der Waals surface area contributed by atoms with Gasteiger partial charge in [-0.05, 0) is 53.8 Å². The molecule has 0 unspecified atom stereocenters. The lowest BCUT2D eigenvalue weighted by Crippen LogP contribution is -2.36. The lowest BCUT2D eigenvalue weighted by molar-refractivity contribution is -0.142. The second-order valence-electron chi connectivity index (χ2n) is 3.35. The molecule has 0 saturated heterocycles. The van der Waals surface area contributed by atoms with Crippen molar-refractivity contribution in [2.24, 2.45) is 0 Å². The number of hydrogen-bond donors (Lipinski definition) is 2. The van der Waals surface area contributed by atoms with Crippen molar-refractivity contribution in [3.05, 3.63) is 27.3 Å². The number of rotatable bonds is 4. The van der Waals surface area contributed by atoms with Crippen LogP contribution in [0.3, 0.4) is 0 Å². The second kappa shape index (κ2) is 6.05. The molecule has 5 heteroatoms. The predicted molar refractivity (Wildman–Crippen MR) is 69.4 cm³/mol. The summed E-state index contributed by atoms with van der Waals surface area (Å²) < 4.78 is 5.45. The summed E-state index contributed by atoms with van der Waals surface area (Å²) in [6.45, 7) is 0. The third-order valence-corrected chi connectivity index (χ3v) is 3.15. The number of nitrogens with one attached hydrogen (secondary N) is 1. The Labute approximate surface area is 108 Å². The minimum absolute atomic E-state index is 0.253. The molecule has 88 valence electrons. The highest BCUT2D eigenvalue weighted by Gasteiger charge is 2.17. The van der Waals surface area contributed by atoms with Gasteiger partial charge in [0.2, 0.25) is 0 Å². The highest BCUT2D eigenvalue weighted by atomic mass is 127. The first kappa shape index (κ1) is 13.2. The van der Waals surface area contributed by atoms with E-state index in [1.807, 2.05) is 28.7 Å². The number of esters is 1. The molecule has 0 heterocycles. The second-order valence-corrected chi connectivity index (χ2v) is 4.52. The molecule has 16 heavy (non-hydrogen) atoms. The van der Waals surface area contributed by atoms with Crippen molar-refractivity contribution in [1.29, 1.82) is 0 Å². The van der Waals surface area contributed by atoms with Crippen molar-refractivity contribution in [2.45, 2.75) is 12.5 Å². The van der Waals surface area contributed by atoms with Crippen molar-refractivity contribution in [3.8, 4) is 5.75 Å². The molecule has 0 aliphatic rings. The molecule has 1 atom stereocenters. The average molecular weight is 335 g/mol. The van der Waals surface area contributed by atoms with Crippen LogP contribution in [0.25, 0.3) is 0 Å². The Morgan fingerprint density at radius 2 is 2.31 bits per heavy atom. The van der Waals surface area contributed by atoms with Gasteiger partial charge in [-0.3, -0.25) is 4.79 Å². The number of hydrogen-bond acceptors (Lipinski definition) is 4. The Bertz CT molecular complexity index is 381. The van der Waals surface area contributed by atoms with Gasteiger partial charge in [0.1, 0.15) is 11.8 Å². The van der Waals surface area contributed by atoms with Crippen LogP contribution in [0, 0.1) is 3.57 Å². The van der Waals surface area contributed by atoms with E-state index in [4.69, 9.17) is 0 Å². The summed E-state index contributed by atoms with van der Waals surface area (Å²) in [5.74, 6) is -0.0333. The molecule has 0 aliphatic heterocycles. The lowest BCUT2D eigenvalue weighted by atomic mass is 10.1. The summed E-state index contributed by atoms with van der Waals surface area (Å²) in [6, 6.07) is 4.92. The van der Waals surface area contributed by atoms with E-state index in [0.717, 1.165) is 9.13 Å². The van der Waals surface area contributed by atoms with Gasteiger partial charge in [-0.25, -0.2) is 0 Å². The zero-order valence-electron chi connectivity index (χ0n) is 9.16. The first-order valence-electron chi connectivity index (χ1n) is 4.81. The molecular formula is C11H14INO3. The molecule has 1 aromatic carbocycles. The van der Waals surface area contributed by atoms with Crippen LogP contribution in [-0.2, 0) is 16.0 Å². The molecule has 1 aromatic rings. The molecule has 1 rings (SSSR count). The van der Waals surface area contributed by atoms with E-state index in [9.17, 15) is 9.90 Å². The van der Waals surface area contributed by atoms with Crippen molar-refractivity contribution >= 4 is 28.6 Å². The van der Waals surface area contributed by atoms with E-state index < -0.39 is 0 Å². The normalized spacial score (nSPS) is 12.2. The summed E-state index contributed by atoms with van der Waals surface area (Å²) in [5.41, 5.74) is 0.979. The number of halogens is 1.